The standard InChI is InChI=1S/C11H15N3O3/c1-4-17-11(16)8-7-5-6(2)12-10(15)9(7)14(3)13-8/h6H,4-5H2,1-3H3,(H,12,15). The van der Waals surface area contributed by atoms with Gasteiger partial charge in [0.2, 0.25) is 0 Å². The van der Waals surface area contributed by atoms with Crippen molar-refractivity contribution in [1.82, 2.24) is 15.1 Å². The lowest BCUT2D eigenvalue weighted by atomic mass is 10.00. The van der Waals surface area contributed by atoms with E-state index in [4.69, 9.17) is 4.74 Å². The predicted octanol–water partition coefficient (Wildman–Crippen LogP) is 0.271. The molecule has 0 fully saturated rings. The van der Waals surface area contributed by atoms with E-state index in [0.29, 0.717) is 24.3 Å². The van der Waals surface area contributed by atoms with Crippen molar-refractivity contribution >= 4 is 11.9 Å². The van der Waals surface area contributed by atoms with Gasteiger partial charge in [0.25, 0.3) is 5.91 Å². The Bertz CT molecular complexity index is 479. The molecule has 0 spiro atoms. The van der Waals surface area contributed by atoms with Crippen LogP contribution in [0.15, 0.2) is 0 Å². The van der Waals surface area contributed by atoms with E-state index in [1.807, 2.05) is 6.92 Å². The molecule has 1 unspecified atom stereocenters. The van der Waals surface area contributed by atoms with Crippen molar-refractivity contribution in [2.75, 3.05) is 6.61 Å². The maximum Gasteiger partial charge on any atom is 0.359 e. The molecule has 1 aromatic heterocycles. The molecule has 1 N–H and O–H groups in total. The Morgan fingerprint density at radius 1 is 1.65 bits per heavy atom. The number of hydrogen-bond donors (Lipinski definition) is 1. The number of fused-ring (bicyclic) bond motifs is 1. The highest BCUT2D eigenvalue weighted by molar-refractivity contribution is 5.99. The monoisotopic (exact) mass is 237 g/mol. The summed E-state index contributed by atoms with van der Waals surface area (Å²) in [6, 6.07) is 0.00683. The molecule has 2 rings (SSSR count). The zero-order chi connectivity index (χ0) is 12.6. The lowest BCUT2D eigenvalue weighted by molar-refractivity contribution is 0.0517. The molecule has 17 heavy (non-hydrogen) atoms. The second-order valence-electron chi connectivity index (χ2n) is 4.10. The van der Waals surface area contributed by atoms with Gasteiger partial charge in [0.1, 0.15) is 5.69 Å². The molecule has 92 valence electrons. The largest absolute Gasteiger partial charge is 0.461 e. The van der Waals surface area contributed by atoms with Crippen molar-refractivity contribution in [1.29, 1.82) is 0 Å². The van der Waals surface area contributed by atoms with Crippen LogP contribution in [0, 0.1) is 0 Å². The second-order valence-corrected chi connectivity index (χ2v) is 4.10. The fourth-order valence-electron chi connectivity index (χ4n) is 2.06. The molecule has 1 aliphatic heterocycles. The minimum absolute atomic E-state index is 0.00683. The van der Waals surface area contributed by atoms with Crippen LogP contribution in [0.5, 0.6) is 0 Å². The van der Waals surface area contributed by atoms with Crippen molar-refractivity contribution in [3.63, 3.8) is 0 Å². The Balaban J connectivity index is 2.46. The lowest BCUT2D eigenvalue weighted by Gasteiger charge is -2.20. The third-order valence-corrected chi connectivity index (χ3v) is 2.72. The van der Waals surface area contributed by atoms with E-state index in [-0.39, 0.29) is 17.6 Å². The summed E-state index contributed by atoms with van der Waals surface area (Å²) in [6.07, 6.45) is 0.600. The summed E-state index contributed by atoms with van der Waals surface area (Å²) >= 11 is 0. The summed E-state index contributed by atoms with van der Waals surface area (Å²) in [5, 5.41) is 6.89. The molecule has 1 aliphatic rings. The minimum Gasteiger partial charge on any atom is -0.461 e. The first-order valence-corrected chi connectivity index (χ1v) is 5.58. The van der Waals surface area contributed by atoms with Gasteiger partial charge in [-0.3, -0.25) is 9.48 Å². The Morgan fingerprint density at radius 3 is 3.00 bits per heavy atom. The average Bonchev–Trinajstić information content (AvgIpc) is 2.56. The van der Waals surface area contributed by atoms with E-state index in [2.05, 4.69) is 10.4 Å². The maximum absolute atomic E-state index is 11.8. The molecule has 0 bridgehead atoms. The summed E-state index contributed by atoms with van der Waals surface area (Å²) in [5.41, 5.74) is 1.39. The Kier molecular flexibility index (Phi) is 2.87. The lowest BCUT2D eigenvalue weighted by Crippen LogP contribution is -2.40. The Labute approximate surface area is 98.9 Å². The number of aryl methyl sites for hydroxylation is 1. The number of esters is 1. The summed E-state index contributed by atoms with van der Waals surface area (Å²) in [4.78, 5) is 23.5. The van der Waals surface area contributed by atoms with E-state index in [0.717, 1.165) is 0 Å². The van der Waals surface area contributed by atoms with Crippen LogP contribution in [0.4, 0.5) is 0 Å². The van der Waals surface area contributed by atoms with Gasteiger partial charge in [-0.25, -0.2) is 4.79 Å². The number of hydrogen-bond acceptors (Lipinski definition) is 4. The van der Waals surface area contributed by atoms with Crippen LogP contribution in [0.25, 0.3) is 0 Å². The molecule has 1 atom stereocenters. The first-order chi connectivity index (χ1) is 8.04. The van der Waals surface area contributed by atoms with Gasteiger partial charge in [-0.2, -0.15) is 5.10 Å². The van der Waals surface area contributed by atoms with Crippen molar-refractivity contribution in [3.05, 3.63) is 17.0 Å². The summed E-state index contributed by atoms with van der Waals surface area (Å²) in [6.45, 7) is 3.93. The zero-order valence-corrected chi connectivity index (χ0v) is 10.1. The molecule has 0 aliphatic carbocycles. The fourth-order valence-corrected chi connectivity index (χ4v) is 2.06. The highest BCUT2D eigenvalue weighted by Gasteiger charge is 2.31. The maximum atomic E-state index is 11.8. The fraction of sp³-hybridized carbons (Fsp3) is 0.545. The first kappa shape index (κ1) is 11.6. The smallest absolute Gasteiger partial charge is 0.359 e. The third-order valence-electron chi connectivity index (χ3n) is 2.72. The third kappa shape index (κ3) is 1.90. The highest BCUT2D eigenvalue weighted by atomic mass is 16.5. The van der Waals surface area contributed by atoms with Crippen LogP contribution in [0.2, 0.25) is 0 Å². The van der Waals surface area contributed by atoms with Gasteiger partial charge in [0.15, 0.2) is 5.69 Å². The molecule has 1 aromatic rings. The molecule has 1 amide bonds. The topological polar surface area (TPSA) is 73.2 Å². The second kappa shape index (κ2) is 4.20. The van der Waals surface area contributed by atoms with Crippen LogP contribution in [-0.2, 0) is 18.2 Å². The number of rotatable bonds is 2. The number of amides is 1. The predicted molar refractivity (Wildman–Crippen MR) is 59.8 cm³/mol. The quantitative estimate of drug-likeness (QED) is 0.749. The molecular weight excluding hydrogens is 222 g/mol. The molecule has 0 saturated heterocycles. The SMILES string of the molecule is CCOC(=O)c1nn(C)c2c1CC(C)NC2=O. The number of aromatic nitrogens is 2. The van der Waals surface area contributed by atoms with E-state index in [9.17, 15) is 9.59 Å². The Morgan fingerprint density at radius 2 is 2.35 bits per heavy atom. The molecule has 0 radical (unpaired) electrons. The van der Waals surface area contributed by atoms with Gasteiger partial charge in [0.05, 0.1) is 6.61 Å². The van der Waals surface area contributed by atoms with E-state index in [1.54, 1.807) is 14.0 Å². The van der Waals surface area contributed by atoms with Gasteiger partial charge in [0, 0.05) is 18.7 Å². The summed E-state index contributed by atoms with van der Waals surface area (Å²) in [5.74, 6) is -0.657. The van der Waals surface area contributed by atoms with Crippen LogP contribution >= 0.6 is 0 Å². The number of nitrogens with zero attached hydrogens (tertiary/aromatic N) is 2. The highest BCUT2D eigenvalue weighted by Crippen LogP contribution is 2.20. The van der Waals surface area contributed by atoms with Gasteiger partial charge >= 0.3 is 5.97 Å². The van der Waals surface area contributed by atoms with Crippen LogP contribution in [-0.4, -0.2) is 34.3 Å². The summed E-state index contributed by atoms with van der Waals surface area (Å²) < 4.78 is 6.36. The number of carbonyl (C=O) groups excluding carboxylic acids is 2. The van der Waals surface area contributed by atoms with E-state index in [1.165, 1.54) is 4.68 Å². The van der Waals surface area contributed by atoms with E-state index < -0.39 is 5.97 Å². The molecule has 6 nitrogen and oxygen atoms in total. The molecule has 0 saturated carbocycles. The Hall–Kier alpha value is -1.85. The van der Waals surface area contributed by atoms with Gasteiger partial charge in [-0.1, -0.05) is 0 Å². The minimum atomic E-state index is -0.466. The average molecular weight is 237 g/mol. The number of ether oxygens (including phenoxy) is 1. The van der Waals surface area contributed by atoms with Crippen molar-refractivity contribution in [2.45, 2.75) is 26.3 Å². The van der Waals surface area contributed by atoms with E-state index >= 15 is 0 Å². The zero-order valence-electron chi connectivity index (χ0n) is 10.1. The van der Waals surface area contributed by atoms with Gasteiger partial charge in [-0.15, -0.1) is 0 Å². The van der Waals surface area contributed by atoms with Gasteiger partial charge in [-0.05, 0) is 20.3 Å². The molecular formula is C11H15N3O3. The van der Waals surface area contributed by atoms with Crippen molar-refractivity contribution < 1.29 is 14.3 Å². The molecule has 0 aromatic carbocycles. The van der Waals surface area contributed by atoms with Crippen molar-refractivity contribution in [2.24, 2.45) is 7.05 Å². The molecule has 6 heteroatoms. The van der Waals surface area contributed by atoms with Gasteiger partial charge < -0.3 is 10.1 Å². The van der Waals surface area contributed by atoms with Crippen LogP contribution < -0.4 is 5.32 Å². The normalized spacial score (nSPS) is 18.5. The summed E-state index contributed by atoms with van der Waals surface area (Å²) in [7, 11) is 1.65. The van der Waals surface area contributed by atoms with Crippen molar-refractivity contribution in [3.8, 4) is 0 Å². The number of nitrogens with one attached hydrogen (secondary N) is 1. The van der Waals surface area contributed by atoms with Crippen LogP contribution in [0.3, 0.4) is 0 Å². The number of carbonyl (C=O) groups is 2. The first-order valence-electron chi connectivity index (χ1n) is 5.58. The van der Waals surface area contributed by atoms with Crippen LogP contribution in [0.1, 0.15) is 40.4 Å². The molecule has 2 heterocycles.